The Morgan fingerprint density at radius 3 is 2.45 bits per heavy atom. The molecule has 0 atom stereocenters. The number of aryl methyl sites for hydroxylation is 2. The zero-order chi connectivity index (χ0) is 20.1. The number of nitrogens with zero attached hydrogens (tertiary/aromatic N) is 2. The zero-order valence-electron chi connectivity index (χ0n) is 17.0. The molecule has 1 aromatic heterocycles. The summed E-state index contributed by atoms with van der Waals surface area (Å²) in [4.78, 5) is 4.89. The largest absolute Gasteiger partial charge is 0.497 e. The molecule has 0 aliphatic heterocycles. The molecule has 0 saturated carbocycles. The van der Waals surface area contributed by atoms with Crippen LogP contribution in [0.3, 0.4) is 0 Å². The normalized spacial score (nSPS) is 11.0. The van der Waals surface area contributed by atoms with Gasteiger partial charge in [-0.05, 0) is 54.8 Å². The molecule has 148 valence electrons. The molecule has 4 aromatic rings. The molecule has 0 bridgehead atoms. The number of benzene rings is 3. The highest BCUT2D eigenvalue weighted by Crippen LogP contribution is 2.21. The van der Waals surface area contributed by atoms with Gasteiger partial charge in [0.1, 0.15) is 17.3 Å². The first-order valence-corrected chi connectivity index (χ1v) is 10.00. The van der Waals surface area contributed by atoms with Crippen molar-refractivity contribution in [2.45, 2.75) is 26.3 Å². The van der Waals surface area contributed by atoms with Gasteiger partial charge >= 0.3 is 0 Å². The first kappa shape index (κ1) is 19.1. The Morgan fingerprint density at radius 2 is 1.66 bits per heavy atom. The van der Waals surface area contributed by atoms with Crippen molar-refractivity contribution in [1.29, 1.82) is 0 Å². The molecule has 0 amide bonds. The van der Waals surface area contributed by atoms with Gasteiger partial charge in [0.15, 0.2) is 0 Å². The van der Waals surface area contributed by atoms with E-state index in [9.17, 15) is 0 Å². The monoisotopic (exact) mass is 386 g/mol. The summed E-state index contributed by atoms with van der Waals surface area (Å²) in [5, 5.41) is 0. The average Bonchev–Trinajstić information content (AvgIpc) is 3.10. The van der Waals surface area contributed by atoms with Crippen molar-refractivity contribution in [2.75, 3.05) is 13.7 Å². The third-order valence-corrected chi connectivity index (χ3v) is 5.13. The van der Waals surface area contributed by atoms with Crippen molar-refractivity contribution in [2.24, 2.45) is 0 Å². The Balaban J connectivity index is 1.49. The van der Waals surface area contributed by atoms with Gasteiger partial charge in [-0.2, -0.15) is 0 Å². The van der Waals surface area contributed by atoms with E-state index in [2.05, 4.69) is 47.9 Å². The van der Waals surface area contributed by atoms with E-state index in [1.807, 2.05) is 36.4 Å². The topological polar surface area (TPSA) is 36.3 Å². The number of fused-ring (bicyclic) bond motifs is 1. The van der Waals surface area contributed by atoms with Crippen molar-refractivity contribution in [1.82, 2.24) is 9.55 Å². The summed E-state index contributed by atoms with van der Waals surface area (Å²) >= 11 is 0. The predicted octanol–water partition coefficient (Wildman–Crippen LogP) is 5.41. The minimum Gasteiger partial charge on any atom is -0.497 e. The third-order valence-electron chi connectivity index (χ3n) is 5.13. The minimum atomic E-state index is 0.680. The number of ether oxygens (including phenoxy) is 2. The number of imidazole rings is 1. The molecule has 0 spiro atoms. The number of hydrogen-bond donors (Lipinski definition) is 0. The summed E-state index contributed by atoms with van der Waals surface area (Å²) in [6.07, 6.45) is 1.71. The fraction of sp³-hybridized carbons (Fsp3) is 0.240. The maximum atomic E-state index is 5.98. The molecule has 0 unspecified atom stereocenters. The predicted molar refractivity (Wildman–Crippen MR) is 117 cm³/mol. The van der Waals surface area contributed by atoms with E-state index >= 15 is 0 Å². The fourth-order valence-corrected chi connectivity index (χ4v) is 3.56. The molecule has 0 saturated heterocycles. The van der Waals surface area contributed by atoms with Crippen LogP contribution in [0.15, 0.2) is 72.8 Å². The fourth-order valence-electron chi connectivity index (χ4n) is 3.56. The van der Waals surface area contributed by atoms with Crippen molar-refractivity contribution in [3.8, 4) is 11.5 Å². The summed E-state index contributed by atoms with van der Waals surface area (Å²) in [5.41, 5.74) is 4.60. The number of rotatable bonds is 8. The highest BCUT2D eigenvalue weighted by atomic mass is 16.5. The standard InChI is InChI=1S/C25H26N2O2/c1-19-8-3-6-11-24(19)29-17-7-16-27-23-10-5-4-9-22(23)26-25(27)18-20-12-14-21(28-2)15-13-20/h3-6,8-15H,7,16-18H2,1-2H3. The van der Waals surface area contributed by atoms with E-state index in [1.54, 1.807) is 7.11 Å². The van der Waals surface area contributed by atoms with Gasteiger partial charge in [0.25, 0.3) is 0 Å². The van der Waals surface area contributed by atoms with E-state index in [1.165, 1.54) is 16.6 Å². The second kappa shape index (κ2) is 8.82. The average molecular weight is 386 g/mol. The summed E-state index contributed by atoms with van der Waals surface area (Å²) in [5.74, 6) is 2.91. The van der Waals surface area contributed by atoms with Gasteiger partial charge < -0.3 is 14.0 Å². The number of methoxy groups -OCH3 is 1. The lowest BCUT2D eigenvalue weighted by Gasteiger charge is -2.12. The SMILES string of the molecule is COc1ccc(Cc2nc3ccccc3n2CCCOc2ccccc2C)cc1. The van der Waals surface area contributed by atoms with Crippen LogP contribution in [0.2, 0.25) is 0 Å². The lowest BCUT2D eigenvalue weighted by Crippen LogP contribution is -2.09. The molecular formula is C25H26N2O2. The van der Waals surface area contributed by atoms with Crippen LogP contribution in [0, 0.1) is 6.92 Å². The molecule has 4 nitrogen and oxygen atoms in total. The van der Waals surface area contributed by atoms with Gasteiger partial charge in [0.05, 0.1) is 24.8 Å². The number of aromatic nitrogens is 2. The van der Waals surface area contributed by atoms with Crippen molar-refractivity contribution in [3.05, 3.63) is 89.7 Å². The second-order valence-corrected chi connectivity index (χ2v) is 7.16. The first-order valence-electron chi connectivity index (χ1n) is 10.00. The Bertz CT molecular complexity index is 1080. The van der Waals surface area contributed by atoms with E-state index in [4.69, 9.17) is 14.5 Å². The minimum absolute atomic E-state index is 0.680. The van der Waals surface area contributed by atoms with Crippen LogP contribution in [0.1, 0.15) is 23.4 Å². The van der Waals surface area contributed by atoms with Crippen LogP contribution < -0.4 is 9.47 Å². The van der Waals surface area contributed by atoms with Gasteiger partial charge in [0.2, 0.25) is 0 Å². The van der Waals surface area contributed by atoms with E-state index in [0.717, 1.165) is 42.2 Å². The quantitative estimate of drug-likeness (QED) is 0.380. The van der Waals surface area contributed by atoms with Crippen LogP contribution in [-0.4, -0.2) is 23.3 Å². The number of para-hydroxylation sites is 3. The maximum absolute atomic E-state index is 5.98. The van der Waals surface area contributed by atoms with Gasteiger partial charge in [-0.1, -0.05) is 42.5 Å². The molecule has 4 rings (SSSR count). The van der Waals surface area contributed by atoms with Crippen LogP contribution in [-0.2, 0) is 13.0 Å². The van der Waals surface area contributed by atoms with Crippen LogP contribution >= 0.6 is 0 Å². The summed E-state index contributed by atoms with van der Waals surface area (Å²) in [6, 6.07) is 24.7. The molecule has 0 radical (unpaired) electrons. The second-order valence-electron chi connectivity index (χ2n) is 7.16. The molecule has 1 heterocycles. The van der Waals surface area contributed by atoms with E-state index in [0.29, 0.717) is 6.61 Å². The molecule has 0 aliphatic carbocycles. The highest BCUT2D eigenvalue weighted by Gasteiger charge is 2.11. The molecule has 0 aliphatic rings. The maximum Gasteiger partial charge on any atom is 0.122 e. The van der Waals surface area contributed by atoms with Crippen molar-refractivity contribution in [3.63, 3.8) is 0 Å². The van der Waals surface area contributed by atoms with Crippen LogP contribution in [0.4, 0.5) is 0 Å². The van der Waals surface area contributed by atoms with Gasteiger partial charge in [-0.3, -0.25) is 0 Å². The molecule has 4 heteroatoms. The Labute approximate surface area is 171 Å². The Morgan fingerprint density at radius 1 is 0.897 bits per heavy atom. The van der Waals surface area contributed by atoms with Crippen molar-refractivity contribution >= 4 is 11.0 Å². The molecular weight excluding hydrogens is 360 g/mol. The third kappa shape index (κ3) is 4.43. The van der Waals surface area contributed by atoms with Crippen LogP contribution in [0.5, 0.6) is 11.5 Å². The number of hydrogen-bond acceptors (Lipinski definition) is 3. The van der Waals surface area contributed by atoms with Gasteiger partial charge in [0, 0.05) is 13.0 Å². The Kier molecular flexibility index (Phi) is 5.80. The summed E-state index contributed by atoms with van der Waals surface area (Å²) in [6.45, 7) is 3.63. The smallest absolute Gasteiger partial charge is 0.122 e. The highest BCUT2D eigenvalue weighted by molar-refractivity contribution is 5.76. The zero-order valence-corrected chi connectivity index (χ0v) is 17.0. The van der Waals surface area contributed by atoms with E-state index < -0.39 is 0 Å². The molecule has 3 aromatic carbocycles. The van der Waals surface area contributed by atoms with Gasteiger partial charge in [-0.25, -0.2) is 4.98 Å². The first-order chi connectivity index (χ1) is 14.2. The molecule has 0 fully saturated rings. The molecule has 0 N–H and O–H groups in total. The summed E-state index contributed by atoms with van der Waals surface area (Å²) in [7, 11) is 1.69. The van der Waals surface area contributed by atoms with Crippen LogP contribution in [0.25, 0.3) is 11.0 Å². The van der Waals surface area contributed by atoms with Crippen molar-refractivity contribution < 1.29 is 9.47 Å². The summed E-state index contributed by atoms with van der Waals surface area (Å²) < 4.78 is 13.6. The van der Waals surface area contributed by atoms with E-state index in [-0.39, 0.29) is 0 Å². The lowest BCUT2D eigenvalue weighted by atomic mass is 10.1. The molecule has 29 heavy (non-hydrogen) atoms. The van der Waals surface area contributed by atoms with Gasteiger partial charge in [-0.15, -0.1) is 0 Å². The lowest BCUT2D eigenvalue weighted by molar-refractivity contribution is 0.300. The Hall–Kier alpha value is -3.27.